The van der Waals surface area contributed by atoms with Gasteiger partial charge in [-0.3, -0.25) is 9.69 Å². The van der Waals surface area contributed by atoms with Crippen LogP contribution in [0.1, 0.15) is 33.6 Å². The third-order valence-electron chi connectivity index (χ3n) is 2.85. The molecule has 3 N–H and O–H groups in total. The Bertz CT molecular complexity index is 263. The molecule has 0 aromatic carbocycles. The summed E-state index contributed by atoms with van der Waals surface area (Å²) in [7, 11) is 0. The van der Waals surface area contributed by atoms with Crippen LogP contribution in [0.4, 0.5) is 0 Å². The Balaban J connectivity index is 2.35. The van der Waals surface area contributed by atoms with Crippen LogP contribution in [-0.4, -0.2) is 53.4 Å². The molecule has 0 spiro atoms. The fourth-order valence-corrected chi connectivity index (χ4v) is 2.04. The van der Waals surface area contributed by atoms with Crippen LogP contribution in [0.15, 0.2) is 0 Å². The maximum atomic E-state index is 11.2. The molecule has 0 aromatic rings. The highest BCUT2D eigenvalue weighted by Gasteiger charge is 2.30. The van der Waals surface area contributed by atoms with Crippen LogP contribution in [-0.2, 0) is 9.53 Å². The number of nitrogens with two attached hydrogens (primary N) is 1. The second-order valence-corrected chi connectivity index (χ2v) is 5.63. The van der Waals surface area contributed by atoms with Gasteiger partial charge >= 0.3 is 0 Å². The van der Waals surface area contributed by atoms with Crippen molar-refractivity contribution in [3.63, 3.8) is 0 Å². The Kier molecular flexibility index (Phi) is 4.91. The van der Waals surface area contributed by atoms with Crippen molar-refractivity contribution in [2.45, 2.75) is 51.4 Å². The lowest BCUT2D eigenvalue weighted by Gasteiger charge is -2.27. The molecule has 1 aliphatic rings. The van der Waals surface area contributed by atoms with Gasteiger partial charge < -0.3 is 15.6 Å². The maximum absolute atomic E-state index is 11.2. The summed E-state index contributed by atoms with van der Waals surface area (Å²) in [5, 5.41) is 9.85. The summed E-state index contributed by atoms with van der Waals surface area (Å²) in [6, 6.07) is -0.223. The number of nitrogens with zero attached hydrogens (tertiary/aromatic N) is 1. The number of carbonyl (C=O) groups is 1. The van der Waals surface area contributed by atoms with Crippen molar-refractivity contribution in [1.82, 2.24) is 4.90 Å². The van der Waals surface area contributed by atoms with Crippen LogP contribution < -0.4 is 5.73 Å². The third-order valence-corrected chi connectivity index (χ3v) is 2.85. The summed E-state index contributed by atoms with van der Waals surface area (Å²) in [4.78, 5) is 13.1. The van der Waals surface area contributed by atoms with Crippen LogP contribution in [0.25, 0.3) is 0 Å². The summed E-state index contributed by atoms with van der Waals surface area (Å²) < 4.78 is 5.50. The fraction of sp³-hybridized carbons (Fsp3) is 0.917. The summed E-state index contributed by atoms with van der Waals surface area (Å²) in [5.41, 5.74) is 5.06. The highest BCUT2D eigenvalue weighted by molar-refractivity contribution is 5.80. The molecule has 5 heteroatoms. The molecule has 1 aliphatic heterocycles. The van der Waals surface area contributed by atoms with E-state index in [1.54, 1.807) is 0 Å². The predicted molar refractivity (Wildman–Crippen MR) is 65.5 cm³/mol. The number of aliphatic hydroxyl groups is 1. The Morgan fingerprint density at radius 2 is 2.24 bits per heavy atom. The molecule has 100 valence electrons. The molecule has 0 bridgehead atoms. The first-order valence-electron chi connectivity index (χ1n) is 6.15. The summed E-state index contributed by atoms with van der Waals surface area (Å²) in [6.07, 6.45) is 1.18. The van der Waals surface area contributed by atoms with E-state index in [4.69, 9.17) is 10.5 Å². The zero-order valence-corrected chi connectivity index (χ0v) is 11.0. The minimum absolute atomic E-state index is 0.223. The molecule has 1 heterocycles. The van der Waals surface area contributed by atoms with E-state index in [9.17, 15) is 9.90 Å². The highest BCUT2D eigenvalue weighted by Crippen LogP contribution is 2.17. The van der Waals surface area contributed by atoms with E-state index < -0.39 is 6.10 Å². The molecule has 2 unspecified atom stereocenters. The first-order valence-corrected chi connectivity index (χ1v) is 6.15. The van der Waals surface area contributed by atoms with E-state index >= 15 is 0 Å². The summed E-state index contributed by atoms with van der Waals surface area (Å²) >= 11 is 0. The van der Waals surface area contributed by atoms with Gasteiger partial charge in [0.05, 0.1) is 24.4 Å². The molecule has 0 saturated carbocycles. The molecule has 1 rings (SSSR count). The van der Waals surface area contributed by atoms with E-state index in [2.05, 4.69) is 0 Å². The molecule has 1 saturated heterocycles. The minimum Gasteiger partial charge on any atom is -0.389 e. The molecule has 17 heavy (non-hydrogen) atoms. The van der Waals surface area contributed by atoms with Crippen LogP contribution >= 0.6 is 0 Å². The number of primary amides is 1. The Morgan fingerprint density at radius 3 is 2.76 bits per heavy atom. The van der Waals surface area contributed by atoms with Crippen molar-refractivity contribution < 1.29 is 14.6 Å². The minimum atomic E-state index is -0.575. The molecule has 1 amide bonds. The average molecular weight is 244 g/mol. The van der Waals surface area contributed by atoms with E-state index in [0.717, 1.165) is 19.4 Å². The number of likely N-dealkylation sites (tertiary alicyclic amines) is 1. The molecular formula is C12H24N2O3. The molecule has 2 atom stereocenters. The Morgan fingerprint density at radius 1 is 1.59 bits per heavy atom. The van der Waals surface area contributed by atoms with Crippen LogP contribution in [0.2, 0.25) is 0 Å². The lowest BCUT2D eigenvalue weighted by molar-refractivity contribution is -0.123. The van der Waals surface area contributed by atoms with Gasteiger partial charge in [-0.25, -0.2) is 0 Å². The predicted octanol–water partition coefficient (Wildman–Crippen LogP) is 0.112. The molecule has 0 radical (unpaired) electrons. The number of ether oxygens (including phenoxy) is 1. The zero-order valence-electron chi connectivity index (χ0n) is 11.0. The van der Waals surface area contributed by atoms with Crippen molar-refractivity contribution >= 4 is 5.91 Å². The van der Waals surface area contributed by atoms with Crippen molar-refractivity contribution in [3.8, 4) is 0 Å². The number of rotatable bonds is 5. The second-order valence-electron chi connectivity index (χ2n) is 5.63. The smallest absolute Gasteiger partial charge is 0.234 e. The average Bonchev–Trinajstić information content (AvgIpc) is 2.62. The topological polar surface area (TPSA) is 75.8 Å². The zero-order chi connectivity index (χ0) is 13.1. The van der Waals surface area contributed by atoms with E-state index in [1.165, 1.54) is 0 Å². The van der Waals surface area contributed by atoms with Gasteiger partial charge in [-0.2, -0.15) is 0 Å². The van der Waals surface area contributed by atoms with Crippen LogP contribution in [0.5, 0.6) is 0 Å². The SMILES string of the molecule is CC(C)(C)OCC(O)CN1CCCC1C(N)=O. The quantitative estimate of drug-likeness (QED) is 0.720. The van der Waals surface area contributed by atoms with Gasteiger partial charge in [0.15, 0.2) is 0 Å². The first-order chi connectivity index (χ1) is 7.79. The van der Waals surface area contributed by atoms with Gasteiger partial charge in [0.2, 0.25) is 5.91 Å². The number of carbonyl (C=O) groups excluding carboxylic acids is 1. The maximum Gasteiger partial charge on any atom is 0.234 e. The largest absolute Gasteiger partial charge is 0.389 e. The first kappa shape index (κ1) is 14.4. The Hall–Kier alpha value is -0.650. The van der Waals surface area contributed by atoms with Gasteiger partial charge in [-0.05, 0) is 40.2 Å². The van der Waals surface area contributed by atoms with Gasteiger partial charge in [-0.1, -0.05) is 0 Å². The monoisotopic (exact) mass is 244 g/mol. The van der Waals surface area contributed by atoms with E-state index in [1.807, 2.05) is 25.7 Å². The normalized spacial score (nSPS) is 23.9. The number of hydrogen-bond acceptors (Lipinski definition) is 4. The van der Waals surface area contributed by atoms with E-state index in [0.29, 0.717) is 6.54 Å². The summed E-state index contributed by atoms with van der Waals surface area (Å²) in [5.74, 6) is -0.300. The number of aliphatic hydroxyl groups excluding tert-OH is 1. The lowest BCUT2D eigenvalue weighted by Crippen LogP contribution is -2.45. The highest BCUT2D eigenvalue weighted by atomic mass is 16.5. The van der Waals surface area contributed by atoms with Crippen molar-refractivity contribution in [2.24, 2.45) is 5.73 Å². The molecule has 1 fully saturated rings. The lowest BCUT2D eigenvalue weighted by atomic mass is 10.2. The third kappa shape index (κ3) is 5.02. The van der Waals surface area contributed by atoms with Gasteiger partial charge in [-0.15, -0.1) is 0 Å². The molecule has 5 nitrogen and oxygen atoms in total. The van der Waals surface area contributed by atoms with Crippen LogP contribution in [0.3, 0.4) is 0 Å². The van der Waals surface area contributed by atoms with Gasteiger partial charge in [0, 0.05) is 6.54 Å². The van der Waals surface area contributed by atoms with Gasteiger partial charge in [0.1, 0.15) is 0 Å². The van der Waals surface area contributed by atoms with Crippen molar-refractivity contribution in [3.05, 3.63) is 0 Å². The number of hydrogen-bond donors (Lipinski definition) is 2. The molecule has 0 aliphatic carbocycles. The number of β-amino-alcohol motifs (C(OH)–C–C–N with tert-alkyl or cyclic N) is 1. The fourth-order valence-electron chi connectivity index (χ4n) is 2.04. The van der Waals surface area contributed by atoms with Crippen molar-refractivity contribution in [1.29, 1.82) is 0 Å². The van der Waals surface area contributed by atoms with Crippen LogP contribution in [0, 0.1) is 0 Å². The second kappa shape index (κ2) is 5.80. The molecular weight excluding hydrogens is 220 g/mol. The number of amides is 1. The molecule has 0 aromatic heterocycles. The van der Waals surface area contributed by atoms with Crippen molar-refractivity contribution in [2.75, 3.05) is 19.7 Å². The standard InChI is InChI=1S/C12H24N2O3/c1-12(2,3)17-8-9(15)7-14-6-4-5-10(14)11(13)16/h9-10,15H,4-8H2,1-3H3,(H2,13,16). The van der Waals surface area contributed by atoms with Gasteiger partial charge in [0.25, 0.3) is 0 Å². The van der Waals surface area contributed by atoms with E-state index in [-0.39, 0.29) is 24.2 Å². The Labute approximate surface area is 103 Å². The summed E-state index contributed by atoms with van der Waals surface area (Å²) in [6.45, 7) is 7.39.